The number of nitrogens with zero attached hydrogens (tertiary/aromatic N) is 1. The summed E-state index contributed by atoms with van der Waals surface area (Å²) in [4.78, 5) is 25.8. The summed E-state index contributed by atoms with van der Waals surface area (Å²) in [5.41, 5.74) is 3.10. The second kappa shape index (κ2) is 7.38. The molecular weight excluding hydrogens is 316 g/mol. The summed E-state index contributed by atoms with van der Waals surface area (Å²) >= 11 is 0. The normalized spacial score (nSPS) is 16.9. The molecule has 1 unspecified atom stereocenters. The van der Waals surface area contributed by atoms with Gasteiger partial charge >= 0.3 is 6.03 Å². The maximum Gasteiger partial charge on any atom is 0.324 e. The van der Waals surface area contributed by atoms with E-state index in [0.717, 1.165) is 22.4 Å². The van der Waals surface area contributed by atoms with Gasteiger partial charge in [0.15, 0.2) is 0 Å². The maximum atomic E-state index is 12.5. The Morgan fingerprint density at radius 1 is 1.00 bits per heavy atom. The van der Waals surface area contributed by atoms with E-state index in [1.807, 2.05) is 62.4 Å². The van der Waals surface area contributed by atoms with Crippen molar-refractivity contribution in [3.63, 3.8) is 0 Å². The molecule has 1 aliphatic rings. The number of hydrogen-bond acceptors (Lipinski definition) is 3. The average molecular weight is 338 g/mol. The first kappa shape index (κ1) is 17.0. The van der Waals surface area contributed by atoms with Gasteiger partial charge in [-0.3, -0.25) is 9.69 Å². The number of carbonyl (C=O) groups is 2. The molecule has 5 heteroatoms. The number of carbonyl (C=O) groups excluding carboxylic acids is 2. The number of nitrogens with one attached hydrogen (secondary N) is 1. The molecule has 1 heterocycles. The van der Waals surface area contributed by atoms with E-state index in [1.165, 1.54) is 4.90 Å². The van der Waals surface area contributed by atoms with Gasteiger partial charge in [0.25, 0.3) is 5.91 Å². The lowest BCUT2D eigenvalue weighted by Gasteiger charge is -2.16. The second-order valence-corrected chi connectivity index (χ2v) is 6.25. The molecule has 130 valence electrons. The Morgan fingerprint density at radius 3 is 2.36 bits per heavy atom. The molecule has 3 rings (SSSR count). The number of amides is 3. The summed E-state index contributed by atoms with van der Waals surface area (Å²) in [5.74, 6) is 0.620. The molecule has 0 saturated carbocycles. The molecule has 0 spiro atoms. The van der Waals surface area contributed by atoms with Crippen LogP contribution < -0.4 is 10.1 Å². The monoisotopic (exact) mass is 338 g/mol. The van der Waals surface area contributed by atoms with Crippen LogP contribution in [0.4, 0.5) is 4.79 Å². The lowest BCUT2D eigenvalue weighted by atomic mass is 10.1. The number of ether oxygens (including phenoxy) is 1. The quantitative estimate of drug-likeness (QED) is 0.824. The molecule has 5 nitrogen and oxygen atoms in total. The number of imide groups is 1. The largest absolute Gasteiger partial charge is 0.491 e. The van der Waals surface area contributed by atoms with Crippen LogP contribution in [0.25, 0.3) is 0 Å². The van der Waals surface area contributed by atoms with Crippen molar-refractivity contribution in [2.24, 2.45) is 0 Å². The van der Waals surface area contributed by atoms with Crippen molar-refractivity contribution in [1.82, 2.24) is 10.2 Å². The molecule has 0 aromatic heterocycles. The van der Waals surface area contributed by atoms with Crippen LogP contribution in [0.2, 0.25) is 0 Å². The first-order valence-electron chi connectivity index (χ1n) is 8.41. The van der Waals surface area contributed by atoms with Crippen LogP contribution in [0.5, 0.6) is 5.75 Å². The standard InChI is InChI=1S/C20H22N2O3/c1-14-7-6-8-15(2)18(14)25-12-11-22-19(23)17(21-20(22)24)13-16-9-4-3-5-10-16/h3-10,17H,11-13H2,1-2H3,(H,21,24). The zero-order valence-corrected chi connectivity index (χ0v) is 14.5. The van der Waals surface area contributed by atoms with Crippen molar-refractivity contribution in [1.29, 1.82) is 0 Å². The highest BCUT2D eigenvalue weighted by atomic mass is 16.5. The maximum absolute atomic E-state index is 12.5. The highest BCUT2D eigenvalue weighted by Crippen LogP contribution is 2.22. The van der Waals surface area contributed by atoms with Crippen LogP contribution in [0.1, 0.15) is 16.7 Å². The van der Waals surface area contributed by atoms with Gasteiger partial charge in [0, 0.05) is 6.42 Å². The summed E-state index contributed by atoms with van der Waals surface area (Å²) in [5, 5.41) is 2.76. The molecule has 1 saturated heterocycles. The molecule has 0 aliphatic carbocycles. The number of benzene rings is 2. The van der Waals surface area contributed by atoms with Gasteiger partial charge in [-0.15, -0.1) is 0 Å². The van der Waals surface area contributed by atoms with E-state index in [4.69, 9.17) is 4.74 Å². The predicted molar refractivity (Wildman–Crippen MR) is 95.6 cm³/mol. The molecule has 25 heavy (non-hydrogen) atoms. The van der Waals surface area contributed by atoms with E-state index in [0.29, 0.717) is 6.42 Å². The summed E-state index contributed by atoms with van der Waals surface area (Å²) < 4.78 is 5.81. The third kappa shape index (κ3) is 3.82. The third-order valence-electron chi connectivity index (χ3n) is 4.36. The smallest absolute Gasteiger partial charge is 0.324 e. The molecule has 1 fully saturated rings. The van der Waals surface area contributed by atoms with Crippen molar-refractivity contribution in [3.05, 3.63) is 65.2 Å². The molecule has 1 aliphatic heterocycles. The van der Waals surface area contributed by atoms with Crippen LogP contribution in [0.3, 0.4) is 0 Å². The van der Waals surface area contributed by atoms with E-state index in [-0.39, 0.29) is 25.1 Å². The van der Waals surface area contributed by atoms with Crippen LogP contribution in [-0.2, 0) is 11.2 Å². The van der Waals surface area contributed by atoms with Gasteiger partial charge in [-0.25, -0.2) is 4.79 Å². The Hall–Kier alpha value is -2.82. The summed E-state index contributed by atoms with van der Waals surface area (Å²) in [6, 6.07) is 14.8. The fourth-order valence-electron chi connectivity index (χ4n) is 3.04. The van der Waals surface area contributed by atoms with E-state index in [1.54, 1.807) is 0 Å². The first-order valence-corrected chi connectivity index (χ1v) is 8.41. The van der Waals surface area contributed by atoms with E-state index in [2.05, 4.69) is 5.32 Å². The lowest BCUT2D eigenvalue weighted by molar-refractivity contribution is -0.127. The van der Waals surface area contributed by atoms with Gasteiger partial charge in [0.05, 0.1) is 6.54 Å². The Balaban J connectivity index is 1.58. The molecule has 2 aromatic rings. The Labute approximate surface area is 147 Å². The highest BCUT2D eigenvalue weighted by molar-refractivity contribution is 6.04. The van der Waals surface area contributed by atoms with Crippen molar-refractivity contribution in [2.75, 3.05) is 13.2 Å². The Morgan fingerprint density at radius 2 is 1.68 bits per heavy atom. The van der Waals surface area contributed by atoms with Crippen molar-refractivity contribution in [3.8, 4) is 5.75 Å². The molecule has 2 aromatic carbocycles. The Bertz CT molecular complexity index is 754. The Kier molecular flexibility index (Phi) is 5.03. The summed E-state index contributed by atoms with van der Waals surface area (Å²) in [7, 11) is 0. The van der Waals surface area contributed by atoms with E-state index >= 15 is 0 Å². The molecule has 3 amide bonds. The van der Waals surface area contributed by atoms with Crippen molar-refractivity contribution in [2.45, 2.75) is 26.3 Å². The highest BCUT2D eigenvalue weighted by Gasteiger charge is 2.37. The fourth-order valence-corrected chi connectivity index (χ4v) is 3.04. The minimum Gasteiger partial charge on any atom is -0.491 e. The van der Waals surface area contributed by atoms with E-state index < -0.39 is 6.04 Å². The van der Waals surface area contributed by atoms with Crippen LogP contribution in [0.15, 0.2) is 48.5 Å². The van der Waals surface area contributed by atoms with Gasteiger partial charge in [-0.1, -0.05) is 48.5 Å². The molecule has 1 atom stereocenters. The summed E-state index contributed by atoms with van der Waals surface area (Å²) in [6.07, 6.45) is 0.500. The van der Waals surface area contributed by atoms with Crippen LogP contribution in [-0.4, -0.2) is 36.0 Å². The van der Waals surface area contributed by atoms with Gasteiger partial charge in [-0.05, 0) is 30.5 Å². The predicted octanol–water partition coefficient (Wildman–Crippen LogP) is 2.85. The van der Waals surface area contributed by atoms with E-state index in [9.17, 15) is 9.59 Å². The average Bonchev–Trinajstić information content (AvgIpc) is 2.85. The molecule has 0 radical (unpaired) electrons. The van der Waals surface area contributed by atoms with Crippen molar-refractivity contribution >= 4 is 11.9 Å². The van der Waals surface area contributed by atoms with Gasteiger partial charge < -0.3 is 10.1 Å². The van der Waals surface area contributed by atoms with Crippen LogP contribution in [0, 0.1) is 13.8 Å². The molecular formula is C20H22N2O3. The number of hydrogen-bond donors (Lipinski definition) is 1. The fraction of sp³-hybridized carbons (Fsp3) is 0.300. The minimum absolute atomic E-state index is 0.195. The number of para-hydroxylation sites is 1. The number of aryl methyl sites for hydroxylation is 2. The van der Waals surface area contributed by atoms with Gasteiger partial charge in [-0.2, -0.15) is 0 Å². The minimum atomic E-state index is -0.505. The van der Waals surface area contributed by atoms with Gasteiger partial charge in [0.2, 0.25) is 0 Å². The molecule has 1 N–H and O–H groups in total. The lowest BCUT2D eigenvalue weighted by Crippen LogP contribution is -2.35. The number of rotatable bonds is 6. The topological polar surface area (TPSA) is 58.6 Å². The zero-order chi connectivity index (χ0) is 17.8. The first-order chi connectivity index (χ1) is 12.1. The van der Waals surface area contributed by atoms with Gasteiger partial charge in [0.1, 0.15) is 18.4 Å². The van der Waals surface area contributed by atoms with Crippen LogP contribution >= 0.6 is 0 Å². The molecule has 0 bridgehead atoms. The summed E-state index contributed by atoms with van der Waals surface area (Å²) in [6.45, 7) is 4.48. The SMILES string of the molecule is Cc1cccc(C)c1OCCN1C(=O)NC(Cc2ccccc2)C1=O. The number of urea groups is 1. The zero-order valence-electron chi connectivity index (χ0n) is 14.5. The third-order valence-corrected chi connectivity index (χ3v) is 4.36. The second-order valence-electron chi connectivity index (χ2n) is 6.25. The van der Waals surface area contributed by atoms with Crippen molar-refractivity contribution < 1.29 is 14.3 Å².